The summed E-state index contributed by atoms with van der Waals surface area (Å²) in [5, 5.41) is 0. The average Bonchev–Trinajstić information content (AvgIpc) is 2.41. The summed E-state index contributed by atoms with van der Waals surface area (Å²) in [6, 6.07) is 0. The second-order valence-electron chi connectivity index (χ2n) is 5.14. The highest BCUT2D eigenvalue weighted by molar-refractivity contribution is 9.11. The first-order valence-corrected chi connectivity index (χ1v) is 6.72. The maximum absolute atomic E-state index is 4.50. The molecule has 0 radical (unpaired) electrons. The number of aromatic nitrogens is 1. The zero-order valence-corrected chi connectivity index (χ0v) is 11.3. The van der Waals surface area contributed by atoms with Crippen LogP contribution in [-0.2, 0) is 12.8 Å². The Balaban J connectivity index is 2.21. The molecule has 0 saturated heterocycles. The molecule has 1 aliphatic rings. The van der Waals surface area contributed by atoms with E-state index in [1.807, 2.05) is 11.3 Å². The van der Waals surface area contributed by atoms with Crippen LogP contribution in [0.1, 0.15) is 37.8 Å². The van der Waals surface area contributed by atoms with Gasteiger partial charge in [0.15, 0.2) is 3.92 Å². The van der Waals surface area contributed by atoms with Gasteiger partial charge >= 0.3 is 0 Å². The van der Waals surface area contributed by atoms with Gasteiger partial charge in [0.25, 0.3) is 0 Å². The second-order valence-corrected chi connectivity index (χ2v) is 7.50. The molecule has 1 aromatic rings. The van der Waals surface area contributed by atoms with Crippen LogP contribution in [0.2, 0.25) is 0 Å². The molecule has 2 rings (SSSR count). The number of hydrogen-bond acceptors (Lipinski definition) is 2. The third kappa shape index (κ3) is 2.03. The highest BCUT2D eigenvalue weighted by Crippen LogP contribution is 2.39. The molecule has 3 heteroatoms. The molecule has 0 fully saturated rings. The Bertz CT molecular complexity index is 338. The van der Waals surface area contributed by atoms with E-state index < -0.39 is 0 Å². The van der Waals surface area contributed by atoms with E-state index in [0.29, 0.717) is 5.41 Å². The molecule has 1 unspecified atom stereocenters. The first-order chi connectivity index (χ1) is 6.47. The largest absolute Gasteiger partial charge is 0.234 e. The maximum atomic E-state index is 4.50. The van der Waals surface area contributed by atoms with Gasteiger partial charge in [-0.25, -0.2) is 4.98 Å². The van der Waals surface area contributed by atoms with E-state index >= 15 is 0 Å². The van der Waals surface area contributed by atoms with Crippen molar-refractivity contribution in [3.05, 3.63) is 14.5 Å². The summed E-state index contributed by atoms with van der Waals surface area (Å²) in [6.07, 6.45) is 3.69. The molecule has 0 aromatic carbocycles. The lowest BCUT2D eigenvalue weighted by molar-refractivity contribution is 0.217. The fourth-order valence-electron chi connectivity index (χ4n) is 2.08. The molecular formula is C11H16BrNS. The first-order valence-electron chi connectivity index (χ1n) is 5.11. The molecule has 14 heavy (non-hydrogen) atoms. The molecule has 0 spiro atoms. The molecular weight excluding hydrogens is 258 g/mol. The van der Waals surface area contributed by atoms with E-state index in [1.165, 1.54) is 29.8 Å². The van der Waals surface area contributed by atoms with Crippen LogP contribution in [-0.4, -0.2) is 4.98 Å². The van der Waals surface area contributed by atoms with Crippen LogP contribution >= 0.6 is 27.3 Å². The third-order valence-electron chi connectivity index (χ3n) is 3.14. The highest BCUT2D eigenvalue weighted by atomic mass is 79.9. The Kier molecular flexibility index (Phi) is 2.73. The summed E-state index contributed by atoms with van der Waals surface area (Å²) in [5.41, 5.74) is 1.77. The van der Waals surface area contributed by atoms with Crippen molar-refractivity contribution in [2.45, 2.75) is 40.0 Å². The number of nitrogens with zero attached hydrogens (tertiary/aromatic N) is 1. The van der Waals surface area contributed by atoms with Crippen LogP contribution in [0, 0.1) is 11.3 Å². The molecule has 1 atom stereocenters. The Morgan fingerprint density at radius 3 is 2.79 bits per heavy atom. The monoisotopic (exact) mass is 273 g/mol. The van der Waals surface area contributed by atoms with Crippen molar-refractivity contribution in [2.24, 2.45) is 11.3 Å². The van der Waals surface area contributed by atoms with Crippen LogP contribution in [0.15, 0.2) is 3.92 Å². The predicted molar refractivity (Wildman–Crippen MR) is 64.8 cm³/mol. The summed E-state index contributed by atoms with van der Waals surface area (Å²) in [7, 11) is 0. The van der Waals surface area contributed by atoms with Crippen molar-refractivity contribution in [3.8, 4) is 0 Å². The quantitative estimate of drug-likeness (QED) is 0.695. The molecule has 1 aliphatic carbocycles. The van der Waals surface area contributed by atoms with Gasteiger partial charge in [-0.1, -0.05) is 20.8 Å². The number of halogens is 1. The summed E-state index contributed by atoms with van der Waals surface area (Å²) < 4.78 is 1.05. The Hall–Kier alpha value is 0.110. The number of hydrogen-bond donors (Lipinski definition) is 0. The smallest absolute Gasteiger partial charge is 0.159 e. The van der Waals surface area contributed by atoms with Crippen LogP contribution in [0.25, 0.3) is 0 Å². The normalized spacial score (nSPS) is 22.1. The van der Waals surface area contributed by atoms with Gasteiger partial charge in [0.1, 0.15) is 0 Å². The summed E-state index contributed by atoms with van der Waals surface area (Å²) in [6.45, 7) is 7.04. The second kappa shape index (κ2) is 3.60. The highest BCUT2D eigenvalue weighted by Gasteiger charge is 2.30. The molecule has 0 amide bonds. The van der Waals surface area contributed by atoms with Gasteiger partial charge in [0.2, 0.25) is 0 Å². The van der Waals surface area contributed by atoms with E-state index in [0.717, 1.165) is 9.83 Å². The van der Waals surface area contributed by atoms with Crippen molar-refractivity contribution in [2.75, 3.05) is 0 Å². The van der Waals surface area contributed by atoms with Gasteiger partial charge in [0.05, 0.1) is 5.69 Å². The van der Waals surface area contributed by atoms with Crippen molar-refractivity contribution < 1.29 is 0 Å². The zero-order chi connectivity index (χ0) is 10.3. The predicted octanol–water partition coefficient (Wildman–Crippen LogP) is 4.06. The molecule has 1 heterocycles. The van der Waals surface area contributed by atoms with Crippen LogP contribution in [0.5, 0.6) is 0 Å². The average molecular weight is 274 g/mol. The van der Waals surface area contributed by atoms with Gasteiger partial charge < -0.3 is 0 Å². The standard InChI is InChI=1S/C11H16BrNS/c1-11(2,3)7-4-5-8-9(6-7)14-10(12)13-8/h7H,4-6H2,1-3H3. The first kappa shape index (κ1) is 10.6. The van der Waals surface area contributed by atoms with E-state index in [9.17, 15) is 0 Å². The molecule has 0 bridgehead atoms. The van der Waals surface area contributed by atoms with Gasteiger partial charge in [-0.15, -0.1) is 11.3 Å². The lowest BCUT2D eigenvalue weighted by Crippen LogP contribution is -2.26. The van der Waals surface area contributed by atoms with Gasteiger partial charge in [-0.05, 0) is 46.5 Å². The van der Waals surface area contributed by atoms with Crippen LogP contribution in [0.4, 0.5) is 0 Å². The van der Waals surface area contributed by atoms with Gasteiger partial charge in [-0.3, -0.25) is 0 Å². The molecule has 0 N–H and O–H groups in total. The van der Waals surface area contributed by atoms with Crippen molar-refractivity contribution in [3.63, 3.8) is 0 Å². The van der Waals surface area contributed by atoms with E-state index in [4.69, 9.17) is 0 Å². The summed E-state index contributed by atoms with van der Waals surface area (Å²) in [5.74, 6) is 0.822. The van der Waals surface area contributed by atoms with E-state index in [1.54, 1.807) is 0 Å². The summed E-state index contributed by atoms with van der Waals surface area (Å²) in [4.78, 5) is 6.01. The minimum atomic E-state index is 0.439. The molecule has 1 aromatic heterocycles. The fraction of sp³-hybridized carbons (Fsp3) is 0.727. The number of aryl methyl sites for hydroxylation is 1. The Morgan fingerprint density at radius 2 is 2.14 bits per heavy atom. The zero-order valence-electron chi connectivity index (χ0n) is 8.93. The van der Waals surface area contributed by atoms with Crippen molar-refractivity contribution in [1.82, 2.24) is 4.98 Å². The lowest BCUT2D eigenvalue weighted by Gasteiger charge is -2.33. The Morgan fingerprint density at radius 1 is 1.43 bits per heavy atom. The van der Waals surface area contributed by atoms with Crippen molar-refractivity contribution >= 4 is 27.3 Å². The van der Waals surface area contributed by atoms with Gasteiger partial charge in [-0.2, -0.15) is 0 Å². The van der Waals surface area contributed by atoms with E-state index in [2.05, 4.69) is 41.7 Å². The SMILES string of the molecule is CC(C)(C)C1CCc2nc(Br)sc2C1. The summed E-state index contributed by atoms with van der Waals surface area (Å²) >= 11 is 5.29. The minimum absolute atomic E-state index is 0.439. The number of fused-ring (bicyclic) bond motifs is 1. The number of thiazole rings is 1. The van der Waals surface area contributed by atoms with Gasteiger partial charge in [0, 0.05) is 4.88 Å². The maximum Gasteiger partial charge on any atom is 0.159 e. The number of rotatable bonds is 0. The Labute approximate surface area is 98.1 Å². The molecule has 0 saturated carbocycles. The molecule has 0 aliphatic heterocycles. The van der Waals surface area contributed by atoms with E-state index in [-0.39, 0.29) is 0 Å². The fourth-order valence-corrected chi connectivity index (χ4v) is 3.79. The lowest BCUT2D eigenvalue weighted by atomic mass is 9.73. The topological polar surface area (TPSA) is 12.9 Å². The van der Waals surface area contributed by atoms with Crippen molar-refractivity contribution in [1.29, 1.82) is 0 Å². The van der Waals surface area contributed by atoms with Crippen LogP contribution < -0.4 is 0 Å². The minimum Gasteiger partial charge on any atom is -0.234 e. The molecule has 1 nitrogen and oxygen atoms in total. The molecule has 78 valence electrons. The van der Waals surface area contributed by atoms with Crippen LogP contribution in [0.3, 0.4) is 0 Å². The third-order valence-corrected chi connectivity index (χ3v) is 4.71.